The van der Waals surface area contributed by atoms with Gasteiger partial charge in [-0.25, -0.2) is 4.39 Å². The number of amides is 1. The predicted molar refractivity (Wildman–Crippen MR) is 88.9 cm³/mol. The van der Waals surface area contributed by atoms with Gasteiger partial charge in [0.1, 0.15) is 5.82 Å². The number of aromatic nitrogens is 1. The van der Waals surface area contributed by atoms with Crippen molar-refractivity contribution in [2.45, 2.75) is 6.54 Å². The van der Waals surface area contributed by atoms with Gasteiger partial charge in [0, 0.05) is 19.3 Å². The molecule has 0 spiro atoms. The number of pyridine rings is 1. The Hall–Kier alpha value is -1.98. The van der Waals surface area contributed by atoms with E-state index in [4.69, 9.17) is 11.6 Å². The van der Waals surface area contributed by atoms with Crippen molar-refractivity contribution in [3.05, 3.63) is 64.7 Å². The minimum atomic E-state index is -0.462. The van der Waals surface area contributed by atoms with Crippen LogP contribution in [0.5, 0.6) is 0 Å². The molecule has 0 radical (unpaired) electrons. The van der Waals surface area contributed by atoms with Crippen LogP contribution >= 0.6 is 11.6 Å². The molecule has 0 atom stereocenters. The first-order chi connectivity index (χ1) is 11.0. The number of carbonyl (C=O) groups excluding carboxylic acids is 1. The highest BCUT2D eigenvalue weighted by Gasteiger charge is 2.19. The molecule has 0 aliphatic heterocycles. The lowest BCUT2D eigenvalue weighted by Gasteiger charge is -2.24. The second-order valence-electron chi connectivity index (χ2n) is 5.48. The number of hydrogen-bond acceptors (Lipinski definition) is 3. The minimum absolute atomic E-state index is 0.117. The Balaban J connectivity index is 2.22. The number of likely N-dealkylation sites (N-methyl/N-ethyl adjacent to an activating group) is 1. The third kappa shape index (κ3) is 5.01. The molecule has 23 heavy (non-hydrogen) atoms. The number of benzene rings is 1. The maximum Gasteiger partial charge on any atom is 0.255 e. The summed E-state index contributed by atoms with van der Waals surface area (Å²) in [6, 6.07) is 9.38. The van der Waals surface area contributed by atoms with E-state index in [-0.39, 0.29) is 10.9 Å². The van der Waals surface area contributed by atoms with E-state index in [1.165, 1.54) is 12.1 Å². The van der Waals surface area contributed by atoms with Crippen molar-refractivity contribution >= 4 is 17.5 Å². The van der Waals surface area contributed by atoms with Crippen molar-refractivity contribution in [3.63, 3.8) is 0 Å². The molecule has 0 fully saturated rings. The van der Waals surface area contributed by atoms with Gasteiger partial charge in [-0.2, -0.15) is 0 Å². The van der Waals surface area contributed by atoms with E-state index in [9.17, 15) is 9.18 Å². The monoisotopic (exact) mass is 335 g/mol. The van der Waals surface area contributed by atoms with Gasteiger partial charge in [-0.15, -0.1) is 0 Å². The molecule has 0 saturated heterocycles. The van der Waals surface area contributed by atoms with E-state index in [1.54, 1.807) is 11.1 Å². The molecule has 2 rings (SSSR count). The fourth-order valence-corrected chi connectivity index (χ4v) is 2.34. The molecule has 122 valence electrons. The van der Waals surface area contributed by atoms with E-state index in [0.717, 1.165) is 11.8 Å². The Kier molecular flexibility index (Phi) is 6.07. The van der Waals surface area contributed by atoms with Gasteiger partial charge in [0.15, 0.2) is 0 Å². The molecule has 1 aromatic heterocycles. The highest BCUT2D eigenvalue weighted by Crippen LogP contribution is 2.20. The topological polar surface area (TPSA) is 36.4 Å². The molecule has 0 unspecified atom stereocenters. The molecular weight excluding hydrogens is 317 g/mol. The van der Waals surface area contributed by atoms with E-state index >= 15 is 0 Å². The summed E-state index contributed by atoms with van der Waals surface area (Å²) in [6.07, 6.45) is 1.69. The summed E-state index contributed by atoms with van der Waals surface area (Å²) in [6.45, 7) is 1.61. The highest BCUT2D eigenvalue weighted by atomic mass is 35.5. The fraction of sp³-hybridized carbons (Fsp3) is 0.294. The van der Waals surface area contributed by atoms with Gasteiger partial charge in [0.05, 0.1) is 22.8 Å². The Morgan fingerprint density at radius 3 is 2.61 bits per heavy atom. The molecule has 0 aliphatic carbocycles. The standard InChI is InChI=1S/C17H19ClFN3O/c1-21(2)9-10-22(12-14-5-3-4-8-20-14)17(23)15-7-6-13(19)11-16(15)18/h3-8,11H,9-10,12H2,1-2H3. The van der Waals surface area contributed by atoms with Gasteiger partial charge in [-0.05, 0) is 44.4 Å². The second-order valence-corrected chi connectivity index (χ2v) is 5.88. The summed E-state index contributed by atoms with van der Waals surface area (Å²) in [5.41, 5.74) is 1.08. The summed E-state index contributed by atoms with van der Waals surface area (Å²) < 4.78 is 13.2. The number of nitrogens with zero attached hydrogens (tertiary/aromatic N) is 3. The Morgan fingerprint density at radius 1 is 1.22 bits per heavy atom. The van der Waals surface area contributed by atoms with Crippen molar-refractivity contribution in [2.24, 2.45) is 0 Å². The van der Waals surface area contributed by atoms with Crippen molar-refractivity contribution in [3.8, 4) is 0 Å². The van der Waals surface area contributed by atoms with Crippen LogP contribution in [0.15, 0.2) is 42.6 Å². The van der Waals surface area contributed by atoms with Gasteiger partial charge in [-0.1, -0.05) is 17.7 Å². The van der Waals surface area contributed by atoms with Crippen molar-refractivity contribution in [1.29, 1.82) is 0 Å². The van der Waals surface area contributed by atoms with Gasteiger partial charge >= 0.3 is 0 Å². The maximum absolute atomic E-state index is 13.2. The molecule has 0 saturated carbocycles. The fourth-order valence-electron chi connectivity index (χ4n) is 2.09. The molecule has 1 heterocycles. The summed E-state index contributed by atoms with van der Waals surface area (Å²) >= 11 is 6.02. The number of rotatable bonds is 6. The molecule has 0 N–H and O–H groups in total. The lowest BCUT2D eigenvalue weighted by atomic mass is 10.2. The smallest absolute Gasteiger partial charge is 0.255 e. The molecule has 4 nitrogen and oxygen atoms in total. The molecular formula is C17H19ClFN3O. The van der Waals surface area contributed by atoms with Crippen LogP contribution in [0.1, 0.15) is 16.1 Å². The summed E-state index contributed by atoms with van der Waals surface area (Å²) in [4.78, 5) is 20.7. The average Bonchev–Trinajstić information content (AvgIpc) is 2.51. The van der Waals surface area contributed by atoms with Crippen LogP contribution in [0, 0.1) is 5.82 Å². The van der Waals surface area contributed by atoms with Crippen LogP contribution in [-0.2, 0) is 6.54 Å². The van der Waals surface area contributed by atoms with Crippen LogP contribution in [-0.4, -0.2) is 47.9 Å². The lowest BCUT2D eigenvalue weighted by Crippen LogP contribution is -2.36. The van der Waals surface area contributed by atoms with E-state index in [2.05, 4.69) is 4.98 Å². The van der Waals surface area contributed by atoms with Crippen molar-refractivity contribution < 1.29 is 9.18 Å². The average molecular weight is 336 g/mol. The summed E-state index contributed by atoms with van der Waals surface area (Å²) in [5, 5.41) is 0.117. The molecule has 6 heteroatoms. The van der Waals surface area contributed by atoms with Crippen LogP contribution in [0.4, 0.5) is 4.39 Å². The maximum atomic E-state index is 13.2. The number of hydrogen-bond donors (Lipinski definition) is 0. The Bertz CT molecular complexity index is 664. The Labute approximate surface area is 140 Å². The lowest BCUT2D eigenvalue weighted by molar-refractivity contribution is 0.0730. The summed E-state index contributed by atoms with van der Waals surface area (Å²) in [5.74, 6) is -0.696. The molecule has 0 bridgehead atoms. The second kappa shape index (κ2) is 8.04. The highest BCUT2D eigenvalue weighted by molar-refractivity contribution is 6.33. The third-order valence-corrected chi connectivity index (χ3v) is 3.66. The predicted octanol–water partition coefficient (Wildman–Crippen LogP) is 3.08. The first-order valence-electron chi connectivity index (χ1n) is 7.26. The normalized spacial score (nSPS) is 10.8. The molecule has 1 amide bonds. The SMILES string of the molecule is CN(C)CCN(Cc1ccccn1)C(=O)c1ccc(F)cc1Cl. The zero-order valence-electron chi connectivity index (χ0n) is 13.2. The first kappa shape index (κ1) is 17.4. The van der Waals surface area contributed by atoms with Crippen molar-refractivity contribution in [1.82, 2.24) is 14.8 Å². The van der Waals surface area contributed by atoms with E-state index in [1.807, 2.05) is 37.2 Å². The van der Waals surface area contributed by atoms with Crippen molar-refractivity contribution in [2.75, 3.05) is 27.2 Å². The van der Waals surface area contributed by atoms with E-state index in [0.29, 0.717) is 25.2 Å². The zero-order chi connectivity index (χ0) is 16.8. The van der Waals surface area contributed by atoms with Crippen LogP contribution in [0.3, 0.4) is 0 Å². The van der Waals surface area contributed by atoms with E-state index < -0.39 is 5.82 Å². The minimum Gasteiger partial charge on any atom is -0.331 e. The zero-order valence-corrected chi connectivity index (χ0v) is 13.9. The Morgan fingerprint density at radius 2 is 2.00 bits per heavy atom. The van der Waals surface area contributed by atoms with Gasteiger partial charge in [0.25, 0.3) is 5.91 Å². The van der Waals surface area contributed by atoms with Crippen LogP contribution < -0.4 is 0 Å². The quantitative estimate of drug-likeness (QED) is 0.814. The van der Waals surface area contributed by atoms with Gasteiger partial charge in [0.2, 0.25) is 0 Å². The number of carbonyl (C=O) groups is 1. The first-order valence-corrected chi connectivity index (χ1v) is 7.64. The van der Waals surface area contributed by atoms with Gasteiger partial charge in [-0.3, -0.25) is 9.78 Å². The third-order valence-electron chi connectivity index (χ3n) is 3.34. The van der Waals surface area contributed by atoms with Crippen LogP contribution in [0.25, 0.3) is 0 Å². The molecule has 1 aromatic carbocycles. The molecule has 0 aliphatic rings. The number of halogens is 2. The summed E-state index contributed by atoms with van der Waals surface area (Å²) in [7, 11) is 3.88. The molecule has 2 aromatic rings. The largest absolute Gasteiger partial charge is 0.331 e. The van der Waals surface area contributed by atoms with Gasteiger partial charge < -0.3 is 9.80 Å². The van der Waals surface area contributed by atoms with Crippen LogP contribution in [0.2, 0.25) is 5.02 Å².